The smallest absolute Gasteiger partial charge is 0.242 e. The summed E-state index contributed by atoms with van der Waals surface area (Å²) in [5.41, 5.74) is 0. The molecule has 0 aliphatic carbocycles. The first kappa shape index (κ1) is 13.1. The zero-order valence-electron chi connectivity index (χ0n) is 9.31. The van der Waals surface area contributed by atoms with Gasteiger partial charge < -0.3 is 5.32 Å². The summed E-state index contributed by atoms with van der Waals surface area (Å²) >= 11 is 0. The molecule has 1 aromatic rings. The van der Waals surface area contributed by atoms with E-state index < -0.39 is 10.0 Å². The Morgan fingerprint density at radius 3 is 2.75 bits per heavy atom. The van der Waals surface area contributed by atoms with Gasteiger partial charge in [0.05, 0.1) is 0 Å². The Kier molecular flexibility index (Phi) is 5.37. The molecule has 0 saturated heterocycles. The SMILES string of the molecule is CCCNCCNS(=O)(=O)c1cccnc1. The van der Waals surface area contributed by atoms with Gasteiger partial charge in [0.2, 0.25) is 10.0 Å². The molecule has 16 heavy (non-hydrogen) atoms. The minimum atomic E-state index is -3.40. The minimum Gasteiger partial charge on any atom is -0.315 e. The van der Waals surface area contributed by atoms with Crippen LogP contribution in [0.2, 0.25) is 0 Å². The van der Waals surface area contributed by atoms with Crippen LogP contribution in [0.3, 0.4) is 0 Å². The van der Waals surface area contributed by atoms with E-state index in [1.807, 2.05) is 0 Å². The molecule has 0 saturated carbocycles. The van der Waals surface area contributed by atoms with Gasteiger partial charge in [-0.15, -0.1) is 0 Å². The van der Waals surface area contributed by atoms with Gasteiger partial charge in [-0.05, 0) is 25.1 Å². The maximum atomic E-state index is 11.7. The second kappa shape index (κ2) is 6.57. The number of pyridine rings is 1. The van der Waals surface area contributed by atoms with Crippen LogP contribution in [0.1, 0.15) is 13.3 Å². The number of nitrogens with one attached hydrogen (secondary N) is 2. The first-order valence-corrected chi connectivity index (χ1v) is 6.75. The number of nitrogens with zero attached hydrogens (tertiary/aromatic N) is 1. The van der Waals surface area contributed by atoms with E-state index in [0.29, 0.717) is 13.1 Å². The summed E-state index contributed by atoms with van der Waals surface area (Å²) in [5.74, 6) is 0. The monoisotopic (exact) mass is 243 g/mol. The zero-order chi connectivity index (χ0) is 11.9. The molecule has 0 radical (unpaired) electrons. The number of sulfonamides is 1. The quantitative estimate of drug-likeness (QED) is 0.678. The van der Waals surface area contributed by atoms with Crippen LogP contribution in [0.5, 0.6) is 0 Å². The fraction of sp³-hybridized carbons (Fsp3) is 0.500. The largest absolute Gasteiger partial charge is 0.315 e. The van der Waals surface area contributed by atoms with E-state index in [1.165, 1.54) is 12.3 Å². The molecule has 1 aromatic heterocycles. The summed E-state index contributed by atoms with van der Waals surface area (Å²) in [6.07, 6.45) is 3.92. The highest BCUT2D eigenvalue weighted by molar-refractivity contribution is 7.89. The fourth-order valence-corrected chi connectivity index (χ4v) is 2.16. The van der Waals surface area contributed by atoms with Crippen LogP contribution in [-0.2, 0) is 10.0 Å². The summed E-state index contributed by atoms with van der Waals surface area (Å²) < 4.78 is 25.9. The maximum Gasteiger partial charge on any atom is 0.242 e. The van der Waals surface area contributed by atoms with Gasteiger partial charge >= 0.3 is 0 Å². The number of rotatable bonds is 7. The lowest BCUT2D eigenvalue weighted by Crippen LogP contribution is -2.32. The van der Waals surface area contributed by atoms with Crippen LogP contribution in [0, 0.1) is 0 Å². The van der Waals surface area contributed by atoms with Crippen LogP contribution in [0.4, 0.5) is 0 Å². The van der Waals surface area contributed by atoms with E-state index in [1.54, 1.807) is 12.3 Å². The van der Waals surface area contributed by atoms with Gasteiger partial charge in [0, 0.05) is 25.5 Å². The van der Waals surface area contributed by atoms with Crippen LogP contribution in [-0.4, -0.2) is 33.0 Å². The molecule has 1 heterocycles. The number of aromatic nitrogens is 1. The fourth-order valence-electron chi connectivity index (χ4n) is 1.16. The standard InChI is InChI=1S/C10H17N3O2S/c1-2-5-11-7-8-13-16(14,15)10-4-3-6-12-9-10/h3-4,6,9,11,13H,2,5,7-8H2,1H3. The van der Waals surface area contributed by atoms with Crippen molar-refractivity contribution in [3.05, 3.63) is 24.5 Å². The minimum absolute atomic E-state index is 0.200. The predicted molar refractivity (Wildman–Crippen MR) is 62.6 cm³/mol. The molecule has 0 unspecified atom stereocenters. The molecular formula is C10H17N3O2S. The summed E-state index contributed by atoms with van der Waals surface area (Å²) in [6, 6.07) is 3.12. The molecule has 0 aliphatic rings. The Bertz CT molecular complexity index is 392. The molecule has 0 fully saturated rings. The van der Waals surface area contributed by atoms with Crippen LogP contribution < -0.4 is 10.0 Å². The van der Waals surface area contributed by atoms with Crippen molar-refractivity contribution < 1.29 is 8.42 Å². The Morgan fingerprint density at radius 1 is 1.31 bits per heavy atom. The van der Waals surface area contributed by atoms with Crippen LogP contribution >= 0.6 is 0 Å². The van der Waals surface area contributed by atoms with Gasteiger partial charge in [-0.2, -0.15) is 0 Å². The molecule has 90 valence electrons. The Morgan fingerprint density at radius 2 is 2.12 bits per heavy atom. The normalized spacial score (nSPS) is 11.6. The zero-order valence-corrected chi connectivity index (χ0v) is 10.1. The molecule has 2 N–H and O–H groups in total. The third-order valence-corrected chi connectivity index (χ3v) is 3.41. The Hall–Kier alpha value is -0.980. The van der Waals surface area contributed by atoms with Crippen LogP contribution in [0.25, 0.3) is 0 Å². The van der Waals surface area contributed by atoms with Crippen molar-refractivity contribution in [1.29, 1.82) is 0 Å². The van der Waals surface area contributed by atoms with Gasteiger partial charge in [-0.1, -0.05) is 6.92 Å². The molecule has 0 aliphatic heterocycles. The molecule has 5 nitrogen and oxygen atoms in total. The molecular weight excluding hydrogens is 226 g/mol. The molecule has 6 heteroatoms. The average Bonchev–Trinajstić information content (AvgIpc) is 2.30. The molecule has 1 rings (SSSR count). The van der Waals surface area contributed by atoms with Gasteiger partial charge in [0.25, 0.3) is 0 Å². The second-order valence-corrected chi connectivity index (χ2v) is 5.10. The molecule has 0 amide bonds. The van der Waals surface area contributed by atoms with Crippen molar-refractivity contribution in [2.45, 2.75) is 18.2 Å². The molecule has 0 bridgehead atoms. The molecule has 0 spiro atoms. The van der Waals surface area contributed by atoms with Crippen molar-refractivity contribution in [2.75, 3.05) is 19.6 Å². The number of hydrogen-bond acceptors (Lipinski definition) is 4. The van der Waals surface area contributed by atoms with E-state index in [4.69, 9.17) is 0 Å². The van der Waals surface area contributed by atoms with Gasteiger partial charge in [-0.25, -0.2) is 13.1 Å². The van der Waals surface area contributed by atoms with E-state index in [0.717, 1.165) is 13.0 Å². The molecule has 0 atom stereocenters. The lowest BCUT2D eigenvalue weighted by Gasteiger charge is -2.06. The third kappa shape index (κ3) is 4.26. The third-order valence-electron chi connectivity index (χ3n) is 1.97. The van der Waals surface area contributed by atoms with E-state index in [-0.39, 0.29) is 4.90 Å². The van der Waals surface area contributed by atoms with Crippen molar-refractivity contribution in [2.24, 2.45) is 0 Å². The second-order valence-electron chi connectivity index (χ2n) is 3.34. The van der Waals surface area contributed by atoms with Crippen molar-refractivity contribution in [3.63, 3.8) is 0 Å². The maximum absolute atomic E-state index is 11.7. The lowest BCUT2D eigenvalue weighted by molar-refractivity contribution is 0.575. The van der Waals surface area contributed by atoms with E-state index in [2.05, 4.69) is 21.9 Å². The summed E-state index contributed by atoms with van der Waals surface area (Å²) in [7, 11) is -3.40. The topological polar surface area (TPSA) is 71.1 Å². The summed E-state index contributed by atoms with van der Waals surface area (Å²) in [6.45, 7) is 3.98. The first-order chi connectivity index (χ1) is 7.67. The highest BCUT2D eigenvalue weighted by atomic mass is 32.2. The first-order valence-electron chi connectivity index (χ1n) is 5.27. The Balaban J connectivity index is 2.41. The van der Waals surface area contributed by atoms with Crippen molar-refractivity contribution >= 4 is 10.0 Å². The highest BCUT2D eigenvalue weighted by Crippen LogP contribution is 2.04. The van der Waals surface area contributed by atoms with Gasteiger partial charge in [-0.3, -0.25) is 4.98 Å². The summed E-state index contributed by atoms with van der Waals surface area (Å²) in [5, 5.41) is 3.12. The molecule has 0 aromatic carbocycles. The van der Waals surface area contributed by atoms with Crippen LogP contribution in [0.15, 0.2) is 29.4 Å². The van der Waals surface area contributed by atoms with Crippen molar-refractivity contribution in [1.82, 2.24) is 15.0 Å². The number of hydrogen-bond donors (Lipinski definition) is 2. The van der Waals surface area contributed by atoms with E-state index in [9.17, 15) is 8.42 Å². The van der Waals surface area contributed by atoms with Gasteiger partial charge in [0.15, 0.2) is 0 Å². The van der Waals surface area contributed by atoms with E-state index >= 15 is 0 Å². The highest BCUT2D eigenvalue weighted by Gasteiger charge is 2.12. The van der Waals surface area contributed by atoms with Crippen molar-refractivity contribution in [3.8, 4) is 0 Å². The average molecular weight is 243 g/mol. The lowest BCUT2D eigenvalue weighted by atomic mass is 10.5. The van der Waals surface area contributed by atoms with Gasteiger partial charge in [0.1, 0.15) is 4.90 Å². The summed E-state index contributed by atoms with van der Waals surface area (Å²) in [4.78, 5) is 3.97. The Labute approximate surface area is 96.3 Å². The predicted octanol–water partition coefficient (Wildman–Crippen LogP) is 0.359.